The number of benzene rings is 1. The van der Waals surface area contributed by atoms with Gasteiger partial charge in [-0.2, -0.15) is 0 Å². The summed E-state index contributed by atoms with van der Waals surface area (Å²) < 4.78 is 7.03. The molecule has 0 spiro atoms. The van der Waals surface area contributed by atoms with E-state index < -0.39 is 0 Å². The van der Waals surface area contributed by atoms with Crippen LogP contribution in [0, 0.1) is 0 Å². The maximum atomic E-state index is 12.7. The van der Waals surface area contributed by atoms with Gasteiger partial charge in [0.1, 0.15) is 11.4 Å². The lowest BCUT2D eigenvalue weighted by atomic mass is 10.1. The lowest BCUT2D eigenvalue weighted by molar-refractivity contribution is -0.128. The zero-order chi connectivity index (χ0) is 19.0. The van der Waals surface area contributed by atoms with Gasteiger partial charge in [0.05, 0.1) is 31.5 Å². The second-order valence-corrected chi connectivity index (χ2v) is 7.25. The number of carbonyl (C=O) groups is 2. The molecule has 1 aromatic heterocycles. The number of halogens is 1. The highest BCUT2D eigenvalue weighted by Gasteiger charge is 2.34. The van der Waals surface area contributed by atoms with Crippen LogP contribution in [0.3, 0.4) is 0 Å². The highest BCUT2D eigenvalue weighted by molar-refractivity contribution is 6.31. The van der Waals surface area contributed by atoms with E-state index in [9.17, 15) is 9.59 Å². The minimum atomic E-state index is -0.117. The number of hydrogen-bond acceptors (Lipinski definition) is 5. The van der Waals surface area contributed by atoms with Crippen LogP contribution in [-0.2, 0) is 11.3 Å². The number of amides is 2. The molecular weight excluding hydrogens is 370 g/mol. The van der Waals surface area contributed by atoms with Crippen molar-refractivity contribution in [2.75, 3.05) is 26.7 Å². The smallest absolute Gasteiger partial charge is 0.257 e. The van der Waals surface area contributed by atoms with Gasteiger partial charge in [0, 0.05) is 31.1 Å². The van der Waals surface area contributed by atoms with Crippen molar-refractivity contribution in [2.45, 2.75) is 25.4 Å². The quantitative estimate of drug-likeness (QED) is 0.778. The van der Waals surface area contributed by atoms with E-state index >= 15 is 0 Å². The molecule has 2 fully saturated rings. The Hall–Kier alpha value is -2.61. The Balaban J connectivity index is 1.38. The van der Waals surface area contributed by atoms with E-state index in [1.54, 1.807) is 32.7 Å². The molecule has 2 amide bonds. The van der Waals surface area contributed by atoms with E-state index in [1.807, 2.05) is 6.20 Å². The summed E-state index contributed by atoms with van der Waals surface area (Å²) >= 11 is 6.01. The molecule has 1 aromatic carbocycles. The predicted octanol–water partition coefficient (Wildman–Crippen LogP) is 1.76. The average Bonchev–Trinajstić information content (AvgIpc) is 3.23. The van der Waals surface area contributed by atoms with Gasteiger partial charge in [-0.1, -0.05) is 16.8 Å². The van der Waals surface area contributed by atoms with Crippen LogP contribution in [0.1, 0.15) is 34.9 Å². The van der Waals surface area contributed by atoms with E-state index in [4.69, 9.17) is 16.3 Å². The van der Waals surface area contributed by atoms with Crippen LogP contribution in [0.15, 0.2) is 24.4 Å². The van der Waals surface area contributed by atoms with Gasteiger partial charge in [-0.3, -0.25) is 9.59 Å². The topological polar surface area (TPSA) is 80.6 Å². The van der Waals surface area contributed by atoms with Crippen LogP contribution < -0.4 is 4.74 Å². The summed E-state index contributed by atoms with van der Waals surface area (Å²) in [7, 11) is 1.53. The van der Waals surface area contributed by atoms with Crippen LogP contribution >= 0.6 is 11.6 Å². The van der Waals surface area contributed by atoms with Crippen LogP contribution in [0.5, 0.6) is 5.75 Å². The molecule has 0 unspecified atom stereocenters. The molecule has 9 heteroatoms. The predicted molar refractivity (Wildman–Crippen MR) is 97.6 cm³/mol. The lowest BCUT2D eigenvalue weighted by Crippen LogP contribution is -2.51. The molecule has 2 aliphatic rings. The Morgan fingerprint density at radius 2 is 2.19 bits per heavy atom. The summed E-state index contributed by atoms with van der Waals surface area (Å²) in [5.74, 6) is 0.556. The minimum absolute atomic E-state index is 0.0784. The van der Waals surface area contributed by atoms with E-state index in [1.165, 1.54) is 7.11 Å². The zero-order valence-corrected chi connectivity index (χ0v) is 15.7. The number of aromatic nitrogens is 3. The van der Waals surface area contributed by atoms with Gasteiger partial charge in [0.2, 0.25) is 5.91 Å². The summed E-state index contributed by atoms with van der Waals surface area (Å²) in [4.78, 5) is 28.0. The molecule has 0 bridgehead atoms. The van der Waals surface area contributed by atoms with Gasteiger partial charge >= 0.3 is 0 Å². The summed E-state index contributed by atoms with van der Waals surface area (Å²) in [6.45, 7) is 2.35. The lowest BCUT2D eigenvalue weighted by Gasteiger charge is -2.39. The van der Waals surface area contributed by atoms with Crippen molar-refractivity contribution < 1.29 is 14.3 Å². The standard InChI is InChI=1S/C18H20ClN5O3/c1-27-16-5-4-12(19)7-15(16)18(26)23-10-14(11-23)24-9-13(20-21-24)8-22-6-2-3-17(22)25/h4-5,7,9,14H,2-3,6,8,10-11H2,1H3. The molecule has 8 nitrogen and oxygen atoms in total. The Morgan fingerprint density at radius 1 is 1.37 bits per heavy atom. The molecule has 2 saturated heterocycles. The van der Waals surface area contributed by atoms with Gasteiger partial charge in [-0.25, -0.2) is 4.68 Å². The molecule has 27 heavy (non-hydrogen) atoms. The first kappa shape index (κ1) is 17.8. The van der Waals surface area contributed by atoms with Gasteiger partial charge < -0.3 is 14.5 Å². The fourth-order valence-corrected chi connectivity index (χ4v) is 3.61. The monoisotopic (exact) mass is 389 g/mol. The SMILES string of the molecule is COc1ccc(Cl)cc1C(=O)N1CC(n2cc(CN3CCCC3=O)nn2)C1. The van der Waals surface area contributed by atoms with E-state index in [-0.39, 0.29) is 17.9 Å². The van der Waals surface area contributed by atoms with E-state index in [2.05, 4.69) is 10.3 Å². The molecule has 0 saturated carbocycles. The van der Waals surface area contributed by atoms with Crippen molar-refractivity contribution in [3.63, 3.8) is 0 Å². The Morgan fingerprint density at radius 3 is 2.89 bits per heavy atom. The second kappa shape index (κ2) is 7.19. The normalized spacial score (nSPS) is 17.3. The summed E-state index contributed by atoms with van der Waals surface area (Å²) in [5.41, 5.74) is 1.22. The third kappa shape index (κ3) is 3.49. The summed E-state index contributed by atoms with van der Waals surface area (Å²) in [6, 6.07) is 5.08. The maximum absolute atomic E-state index is 12.7. The van der Waals surface area contributed by atoms with E-state index in [0.29, 0.717) is 42.4 Å². The molecule has 2 aliphatic heterocycles. The van der Waals surface area contributed by atoms with Gasteiger partial charge in [0.15, 0.2) is 0 Å². The molecule has 0 N–H and O–H groups in total. The fraction of sp³-hybridized carbons (Fsp3) is 0.444. The highest BCUT2D eigenvalue weighted by atomic mass is 35.5. The fourth-order valence-electron chi connectivity index (χ4n) is 3.44. The highest BCUT2D eigenvalue weighted by Crippen LogP contribution is 2.28. The van der Waals surface area contributed by atoms with Crippen LogP contribution in [0.25, 0.3) is 0 Å². The van der Waals surface area contributed by atoms with Crippen molar-refractivity contribution in [2.24, 2.45) is 0 Å². The van der Waals surface area contributed by atoms with Crippen molar-refractivity contribution in [3.8, 4) is 5.75 Å². The van der Waals surface area contributed by atoms with Crippen LogP contribution in [-0.4, -0.2) is 63.4 Å². The summed E-state index contributed by atoms with van der Waals surface area (Å²) in [6.07, 6.45) is 3.37. The third-order valence-corrected chi connectivity index (χ3v) is 5.23. The third-order valence-electron chi connectivity index (χ3n) is 5.00. The van der Waals surface area contributed by atoms with Gasteiger partial charge in [0.25, 0.3) is 5.91 Å². The molecule has 3 heterocycles. The first-order chi connectivity index (χ1) is 13.0. The van der Waals surface area contributed by atoms with Crippen LogP contribution in [0.2, 0.25) is 5.02 Å². The molecule has 0 atom stereocenters. The largest absolute Gasteiger partial charge is 0.496 e. The Labute approximate surface area is 161 Å². The van der Waals surface area contributed by atoms with Gasteiger partial charge in [-0.05, 0) is 24.6 Å². The van der Waals surface area contributed by atoms with Crippen molar-refractivity contribution in [3.05, 3.63) is 40.7 Å². The summed E-state index contributed by atoms with van der Waals surface area (Å²) in [5, 5.41) is 8.82. The van der Waals surface area contributed by atoms with Crippen molar-refractivity contribution in [1.29, 1.82) is 0 Å². The second-order valence-electron chi connectivity index (χ2n) is 6.82. The molecule has 0 aliphatic carbocycles. The van der Waals surface area contributed by atoms with Gasteiger partial charge in [-0.15, -0.1) is 5.10 Å². The maximum Gasteiger partial charge on any atom is 0.257 e. The van der Waals surface area contributed by atoms with Crippen LogP contribution in [0.4, 0.5) is 0 Å². The number of carbonyl (C=O) groups excluding carboxylic acids is 2. The molecule has 4 rings (SSSR count). The minimum Gasteiger partial charge on any atom is -0.496 e. The van der Waals surface area contributed by atoms with Crippen molar-refractivity contribution in [1.82, 2.24) is 24.8 Å². The van der Waals surface area contributed by atoms with Crippen molar-refractivity contribution >= 4 is 23.4 Å². The molecule has 0 radical (unpaired) electrons. The average molecular weight is 390 g/mol. The Kier molecular flexibility index (Phi) is 4.73. The molecular formula is C18H20ClN5O3. The first-order valence-electron chi connectivity index (χ1n) is 8.86. The number of methoxy groups -OCH3 is 1. The molecule has 2 aromatic rings. The number of ether oxygens (including phenoxy) is 1. The molecule has 142 valence electrons. The number of rotatable bonds is 5. The number of likely N-dealkylation sites (tertiary alicyclic amines) is 2. The number of nitrogens with zero attached hydrogens (tertiary/aromatic N) is 5. The zero-order valence-electron chi connectivity index (χ0n) is 15.0. The Bertz CT molecular complexity index is 878. The van der Waals surface area contributed by atoms with E-state index in [0.717, 1.165) is 18.7 Å². The number of hydrogen-bond donors (Lipinski definition) is 0. The first-order valence-corrected chi connectivity index (χ1v) is 9.24.